The minimum Gasteiger partial charge on any atom is -0.479 e. The molecule has 12 heteroatoms. The lowest BCUT2D eigenvalue weighted by Crippen LogP contribution is -2.31. The molecule has 0 spiro atoms. The second-order valence-corrected chi connectivity index (χ2v) is 9.12. The molecule has 1 atom stereocenters. The molecule has 170 valence electrons. The van der Waals surface area contributed by atoms with E-state index in [0.29, 0.717) is 6.07 Å². The standard InChI is InChI=1S/C19H18F4O7S/c1-9-5-10-6-11(8-24)13(20)7-12(10)15(30-31(27,28)19(21,22)23)14(9)16(17(25)26)29-18(2,3)4/h5-8,16H,1-4H3,(H,25,26). The third-order valence-corrected chi connectivity index (χ3v) is 4.97. The fraction of sp³-hybridized carbons (Fsp3) is 0.368. The quantitative estimate of drug-likeness (QED) is 0.293. The van der Waals surface area contributed by atoms with Crippen molar-refractivity contribution in [1.82, 2.24) is 0 Å². The molecule has 0 aromatic heterocycles. The van der Waals surface area contributed by atoms with E-state index in [1.54, 1.807) is 0 Å². The molecule has 2 rings (SSSR count). The van der Waals surface area contributed by atoms with Crippen LogP contribution in [0.1, 0.15) is 48.4 Å². The predicted molar refractivity (Wildman–Crippen MR) is 101 cm³/mol. The molecule has 0 bridgehead atoms. The Kier molecular flexibility index (Phi) is 6.39. The summed E-state index contributed by atoms with van der Waals surface area (Å²) in [5, 5.41) is 9.10. The average Bonchev–Trinajstić information content (AvgIpc) is 2.58. The van der Waals surface area contributed by atoms with Crippen LogP contribution in [0.25, 0.3) is 10.8 Å². The number of fused-ring (bicyclic) bond motifs is 1. The summed E-state index contributed by atoms with van der Waals surface area (Å²) in [6, 6.07) is 2.83. The van der Waals surface area contributed by atoms with Gasteiger partial charge in [-0.1, -0.05) is 6.07 Å². The van der Waals surface area contributed by atoms with Crippen molar-refractivity contribution in [3.8, 4) is 5.75 Å². The molecule has 0 fully saturated rings. The molecule has 2 aromatic rings. The number of aliphatic carboxylic acids is 1. The highest BCUT2D eigenvalue weighted by molar-refractivity contribution is 7.88. The first-order chi connectivity index (χ1) is 14.0. The van der Waals surface area contributed by atoms with Gasteiger partial charge in [-0.15, -0.1) is 0 Å². The molecule has 0 heterocycles. The zero-order valence-electron chi connectivity index (χ0n) is 16.7. The van der Waals surface area contributed by atoms with Crippen LogP contribution in [0.3, 0.4) is 0 Å². The fourth-order valence-corrected chi connectivity index (χ4v) is 3.30. The van der Waals surface area contributed by atoms with E-state index in [-0.39, 0.29) is 17.2 Å². The molecule has 1 unspecified atom stereocenters. The Morgan fingerprint density at radius 2 is 1.74 bits per heavy atom. The Morgan fingerprint density at radius 3 is 2.19 bits per heavy atom. The maximum atomic E-state index is 14.2. The minimum absolute atomic E-state index is 0.0139. The smallest absolute Gasteiger partial charge is 0.479 e. The topological polar surface area (TPSA) is 107 Å². The number of carbonyl (C=O) groups is 2. The van der Waals surface area contributed by atoms with Crippen LogP contribution in [-0.2, 0) is 19.6 Å². The Labute approximate surface area is 174 Å². The van der Waals surface area contributed by atoms with Gasteiger partial charge in [0.05, 0.1) is 11.2 Å². The largest absolute Gasteiger partial charge is 0.534 e. The van der Waals surface area contributed by atoms with E-state index in [0.717, 1.165) is 6.07 Å². The van der Waals surface area contributed by atoms with Crippen molar-refractivity contribution in [1.29, 1.82) is 0 Å². The number of carboxylic acids is 1. The number of benzene rings is 2. The molecular formula is C19H18F4O7S. The first-order valence-electron chi connectivity index (χ1n) is 8.62. The van der Waals surface area contributed by atoms with Gasteiger partial charge in [-0.05, 0) is 50.8 Å². The summed E-state index contributed by atoms with van der Waals surface area (Å²) in [6.07, 6.45) is -1.79. The molecule has 2 aromatic carbocycles. The van der Waals surface area contributed by atoms with E-state index in [2.05, 4.69) is 4.18 Å². The molecule has 0 saturated carbocycles. The van der Waals surface area contributed by atoms with Gasteiger partial charge in [-0.3, -0.25) is 4.79 Å². The van der Waals surface area contributed by atoms with Crippen molar-refractivity contribution in [3.63, 3.8) is 0 Å². The Balaban J connectivity index is 2.98. The maximum absolute atomic E-state index is 14.2. The lowest BCUT2D eigenvalue weighted by Gasteiger charge is -2.28. The van der Waals surface area contributed by atoms with Gasteiger partial charge in [0.1, 0.15) is 5.82 Å². The monoisotopic (exact) mass is 466 g/mol. The van der Waals surface area contributed by atoms with Crippen molar-refractivity contribution < 1.29 is 49.6 Å². The molecule has 31 heavy (non-hydrogen) atoms. The van der Waals surface area contributed by atoms with E-state index >= 15 is 0 Å². The number of alkyl halides is 3. The third-order valence-electron chi connectivity index (χ3n) is 4.02. The second kappa shape index (κ2) is 8.08. The highest BCUT2D eigenvalue weighted by Crippen LogP contribution is 2.42. The van der Waals surface area contributed by atoms with Gasteiger partial charge in [-0.2, -0.15) is 21.6 Å². The number of ether oxygens (including phenoxy) is 1. The van der Waals surface area contributed by atoms with Gasteiger partial charge in [0, 0.05) is 10.9 Å². The molecule has 1 N–H and O–H groups in total. The number of rotatable bonds is 6. The molecule has 0 aliphatic heterocycles. The summed E-state index contributed by atoms with van der Waals surface area (Å²) in [4.78, 5) is 22.9. The Hall–Kier alpha value is -2.73. The van der Waals surface area contributed by atoms with Crippen LogP contribution >= 0.6 is 0 Å². The van der Waals surface area contributed by atoms with Crippen LogP contribution < -0.4 is 4.18 Å². The van der Waals surface area contributed by atoms with Crippen LogP contribution in [0.4, 0.5) is 17.6 Å². The van der Waals surface area contributed by atoms with E-state index < -0.39 is 61.4 Å². The highest BCUT2D eigenvalue weighted by Gasteiger charge is 2.49. The maximum Gasteiger partial charge on any atom is 0.534 e. The number of hydrogen-bond donors (Lipinski definition) is 1. The lowest BCUT2D eigenvalue weighted by molar-refractivity contribution is -0.160. The second-order valence-electron chi connectivity index (χ2n) is 7.58. The van der Waals surface area contributed by atoms with Gasteiger partial charge in [0.25, 0.3) is 0 Å². The minimum atomic E-state index is -6.25. The average molecular weight is 466 g/mol. The number of aryl methyl sites for hydroxylation is 1. The summed E-state index contributed by atoms with van der Waals surface area (Å²) < 4.78 is 86.4. The SMILES string of the molecule is Cc1cc2cc(C=O)c(F)cc2c(OS(=O)(=O)C(F)(F)F)c1C(OC(C)(C)C)C(=O)O. The first-order valence-corrected chi connectivity index (χ1v) is 10.0. The van der Waals surface area contributed by atoms with E-state index in [1.165, 1.54) is 33.8 Å². The fourth-order valence-electron chi connectivity index (χ4n) is 2.81. The van der Waals surface area contributed by atoms with Crippen LogP contribution in [0.2, 0.25) is 0 Å². The van der Waals surface area contributed by atoms with Crippen molar-refractivity contribution in [2.75, 3.05) is 0 Å². The molecular weight excluding hydrogens is 448 g/mol. The number of halogens is 4. The summed E-state index contributed by atoms with van der Waals surface area (Å²) in [6.45, 7) is 5.71. The molecule has 0 amide bonds. The van der Waals surface area contributed by atoms with Gasteiger partial charge in [0.2, 0.25) is 0 Å². The molecule has 0 aliphatic carbocycles. The number of carboxylic acid groups (broad SMARTS) is 1. The van der Waals surface area contributed by atoms with Crippen LogP contribution in [0.5, 0.6) is 5.75 Å². The summed E-state index contributed by atoms with van der Waals surface area (Å²) in [5.41, 5.74) is -7.95. The highest BCUT2D eigenvalue weighted by atomic mass is 32.2. The van der Waals surface area contributed by atoms with Crippen molar-refractivity contribution in [2.45, 2.75) is 44.9 Å². The summed E-state index contributed by atoms with van der Waals surface area (Å²) in [5.74, 6) is -3.87. The zero-order chi connectivity index (χ0) is 23.9. The number of aldehydes is 1. The number of hydrogen-bond acceptors (Lipinski definition) is 6. The molecule has 0 radical (unpaired) electrons. The van der Waals surface area contributed by atoms with Crippen LogP contribution in [0.15, 0.2) is 18.2 Å². The van der Waals surface area contributed by atoms with E-state index in [1.807, 2.05) is 0 Å². The number of carbonyl (C=O) groups excluding carboxylic acids is 1. The first kappa shape index (κ1) is 24.5. The summed E-state index contributed by atoms with van der Waals surface area (Å²) in [7, 11) is -6.25. The van der Waals surface area contributed by atoms with Gasteiger partial charge >= 0.3 is 21.6 Å². The van der Waals surface area contributed by atoms with Crippen LogP contribution in [0, 0.1) is 12.7 Å². The van der Waals surface area contributed by atoms with E-state index in [4.69, 9.17) is 4.74 Å². The Morgan fingerprint density at radius 1 is 1.16 bits per heavy atom. The Bertz CT molecular complexity index is 1150. The van der Waals surface area contributed by atoms with Gasteiger partial charge in [0.15, 0.2) is 18.1 Å². The molecule has 0 aliphatic rings. The predicted octanol–water partition coefficient (Wildman–Crippen LogP) is 4.27. The zero-order valence-corrected chi connectivity index (χ0v) is 17.5. The lowest BCUT2D eigenvalue weighted by atomic mass is 9.94. The summed E-state index contributed by atoms with van der Waals surface area (Å²) >= 11 is 0. The third kappa shape index (κ3) is 5.13. The van der Waals surface area contributed by atoms with E-state index in [9.17, 15) is 40.7 Å². The molecule has 0 saturated heterocycles. The van der Waals surface area contributed by atoms with Crippen molar-refractivity contribution in [3.05, 3.63) is 40.7 Å². The van der Waals surface area contributed by atoms with Gasteiger partial charge in [-0.25, -0.2) is 9.18 Å². The van der Waals surface area contributed by atoms with Crippen molar-refractivity contribution >= 4 is 33.1 Å². The van der Waals surface area contributed by atoms with Crippen LogP contribution in [-0.4, -0.2) is 36.9 Å². The normalized spacial score (nSPS) is 13.8. The molecule has 7 nitrogen and oxygen atoms in total. The van der Waals surface area contributed by atoms with Gasteiger partial charge < -0.3 is 14.0 Å². The van der Waals surface area contributed by atoms with Crippen molar-refractivity contribution in [2.24, 2.45) is 0 Å².